The summed E-state index contributed by atoms with van der Waals surface area (Å²) in [7, 11) is 0. The second-order valence-corrected chi connectivity index (χ2v) is 9.04. The molecule has 0 aliphatic carbocycles. The standard InChI is InChI=1S/C23H28N3O10.C5H5.Fe/c1-13(27)31-12-19-20(33-14(2)28)21(34-15(3)29)22(35-16(4)30)23(36-19)32-11-18-10-26(25-24-18)9-17-7-5-6-8-17;1-2-4-5-3-1;/h5-8,10,19-23H,9,11-12H2,1-4H3;1-5H;/q2*-1;+2/t19-,20-,21+,22-,23-;;/m1../s1. The van der Waals surface area contributed by atoms with E-state index in [0.29, 0.717) is 12.2 Å². The second-order valence-electron chi connectivity index (χ2n) is 9.04. The van der Waals surface area contributed by atoms with E-state index in [-0.39, 0.29) is 30.3 Å². The Bertz CT molecular complexity index is 1230. The van der Waals surface area contributed by atoms with Crippen LogP contribution < -0.4 is 0 Å². The van der Waals surface area contributed by atoms with E-state index in [1.807, 2.05) is 54.6 Å². The molecule has 0 unspecified atom stereocenters. The van der Waals surface area contributed by atoms with Crippen molar-refractivity contribution in [1.29, 1.82) is 0 Å². The van der Waals surface area contributed by atoms with Crippen molar-refractivity contribution in [1.82, 2.24) is 15.0 Å². The Morgan fingerprint density at radius 1 is 0.881 bits per heavy atom. The van der Waals surface area contributed by atoms with E-state index in [4.69, 9.17) is 28.4 Å². The zero-order valence-corrected chi connectivity index (χ0v) is 24.7. The largest absolute Gasteiger partial charge is 2.00 e. The number of aromatic nitrogens is 3. The van der Waals surface area contributed by atoms with Crippen LogP contribution in [0.15, 0.2) is 60.8 Å². The van der Waals surface area contributed by atoms with Gasteiger partial charge < -0.3 is 28.4 Å². The van der Waals surface area contributed by atoms with Gasteiger partial charge >= 0.3 is 40.9 Å². The molecule has 0 bridgehead atoms. The van der Waals surface area contributed by atoms with Gasteiger partial charge in [0.05, 0.1) is 12.8 Å². The quantitative estimate of drug-likeness (QED) is 0.140. The third-order valence-corrected chi connectivity index (χ3v) is 5.56. The Morgan fingerprint density at radius 3 is 2.07 bits per heavy atom. The fourth-order valence-electron chi connectivity index (χ4n) is 4.00. The van der Waals surface area contributed by atoms with Crippen LogP contribution in [0, 0.1) is 0 Å². The summed E-state index contributed by atoms with van der Waals surface area (Å²) in [4.78, 5) is 46.9. The monoisotopic (exact) mass is 627 g/mol. The van der Waals surface area contributed by atoms with Gasteiger partial charge in [0.2, 0.25) is 0 Å². The zero-order valence-electron chi connectivity index (χ0n) is 23.6. The number of rotatable bonds is 10. The van der Waals surface area contributed by atoms with Crippen molar-refractivity contribution >= 4 is 23.9 Å². The minimum atomic E-state index is -1.30. The molecule has 0 N–H and O–H groups in total. The minimum absolute atomic E-state index is 0. The second kappa shape index (κ2) is 17.2. The van der Waals surface area contributed by atoms with Gasteiger partial charge in [-0.1, -0.05) is 5.21 Å². The summed E-state index contributed by atoms with van der Waals surface area (Å²) in [5, 5.41) is 8.13. The van der Waals surface area contributed by atoms with Crippen LogP contribution in [0.2, 0.25) is 0 Å². The molecular weight excluding hydrogens is 594 g/mol. The number of ether oxygens (including phenoxy) is 6. The Labute approximate surface area is 253 Å². The molecule has 0 saturated carbocycles. The molecule has 2 aromatic carbocycles. The smallest absolute Gasteiger partial charge is 0.463 e. The average Bonchev–Trinajstić information content (AvgIpc) is 3.69. The molecule has 0 radical (unpaired) electrons. The number of carbonyl (C=O) groups is 4. The third-order valence-electron chi connectivity index (χ3n) is 5.56. The van der Waals surface area contributed by atoms with Crippen LogP contribution >= 0.6 is 0 Å². The average molecular weight is 627 g/mol. The molecule has 1 aliphatic rings. The molecule has 42 heavy (non-hydrogen) atoms. The summed E-state index contributed by atoms with van der Waals surface area (Å²) in [5.74, 6) is -2.76. The van der Waals surface area contributed by atoms with Crippen molar-refractivity contribution < 1.29 is 64.7 Å². The summed E-state index contributed by atoms with van der Waals surface area (Å²) in [6.07, 6.45) is -4.55. The first kappa shape index (κ1) is 34.4. The molecular formula is C28H33FeN3O10. The Morgan fingerprint density at radius 2 is 1.52 bits per heavy atom. The van der Waals surface area contributed by atoms with Crippen LogP contribution in [0.3, 0.4) is 0 Å². The molecule has 0 amide bonds. The summed E-state index contributed by atoms with van der Waals surface area (Å²) in [6, 6.07) is 17.7. The fourth-order valence-corrected chi connectivity index (χ4v) is 4.00. The van der Waals surface area contributed by atoms with E-state index in [1.165, 1.54) is 6.92 Å². The first-order valence-corrected chi connectivity index (χ1v) is 12.8. The summed E-state index contributed by atoms with van der Waals surface area (Å²) in [5.41, 5.74) is 1.50. The third kappa shape index (κ3) is 11.2. The number of esters is 4. The SMILES string of the molecule is CC(=O)OC[C@H]1O[C@@H](OCc2cn(Cc3ccc[cH-]3)nn2)[C@H](OC(C)=O)[C@@H](OC(C)=O)[C@@H]1OC(C)=O.[Fe+2].c1cc[cH-]c1. The zero-order chi connectivity index (χ0) is 29.8. The number of nitrogens with zero attached hydrogens (tertiary/aromatic N) is 3. The normalized spacial score (nSPS) is 21.1. The van der Waals surface area contributed by atoms with Crippen LogP contribution in [-0.4, -0.2) is 76.2 Å². The van der Waals surface area contributed by atoms with Gasteiger partial charge in [0.1, 0.15) is 18.4 Å². The first-order valence-electron chi connectivity index (χ1n) is 12.8. The molecule has 14 heteroatoms. The van der Waals surface area contributed by atoms with Gasteiger partial charge in [-0.05, 0) is 0 Å². The molecule has 1 aromatic heterocycles. The predicted molar refractivity (Wildman–Crippen MR) is 140 cm³/mol. The van der Waals surface area contributed by atoms with Crippen molar-refractivity contribution in [3.63, 3.8) is 0 Å². The molecule has 1 fully saturated rings. The molecule has 1 saturated heterocycles. The summed E-state index contributed by atoms with van der Waals surface area (Å²) in [6.45, 7) is 4.72. The van der Waals surface area contributed by atoms with E-state index in [2.05, 4.69) is 10.3 Å². The predicted octanol–water partition coefficient (Wildman–Crippen LogP) is 2.05. The van der Waals surface area contributed by atoms with E-state index < -0.39 is 54.6 Å². The molecule has 13 nitrogen and oxygen atoms in total. The van der Waals surface area contributed by atoms with E-state index in [1.54, 1.807) is 10.9 Å². The Hall–Kier alpha value is -3.84. The van der Waals surface area contributed by atoms with Crippen LogP contribution in [-0.2, 0) is 77.8 Å². The molecule has 1 aliphatic heterocycles. The van der Waals surface area contributed by atoms with Crippen molar-refractivity contribution in [2.45, 2.75) is 71.6 Å². The van der Waals surface area contributed by atoms with Gasteiger partial charge in [-0.15, -0.1) is 10.7 Å². The van der Waals surface area contributed by atoms with Gasteiger partial charge in [-0.2, -0.15) is 30.3 Å². The summed E-state index contributed by atoms with van der Waals surface area (Å²) >= 11 is 0. The van der Waals surface area contributed by atoms with Gasteiger partial charge in [0.15, 0.2) is 24.6 Å². The Balaban J connectivity index is 0.000000927. The number of carbonyl (C=O) groups excluding carboxylic acids is 4. The van der Waals surface area contributed by atoms with Crippen molar-refractivity contribution in [3.8, 4) is 0 Å². The van der Waals surface area contributed by atoms with Crippen LogP contribution in [0.1, 0.15) is 39.0 Å². The summed E-state index contributed by atoms with van der Waals surface area (Å²) < 4.78 is 34.5. The van der Waals surface area contributed by atoms with Crippen molar-refractivity contribution in [2.24, 2.45) is 0 Å². The van der Waals surface area contributed by atoms with Crippen molar-refractivity contribution in [2.75, 3.05) is 6.61 Å². The maximum Gasteiger partial charge on any atom is 2.00 e. The fraction of sp³-hybridized carbons (Fsp3) is 0.429. The topological polar surface area (TPSA) is 154 Å². The number of hydrogen-bond acceptors (Lipinski definition) is 12. The van der Waals surface area contributed by atoms with Crippen LogP contribution in [0.25, 0.3) is 0 Å². The van der Waals surface area contributed by atoms with Crippen LogP contribution in [0.4, 0.5) is 0 Å². The Kier molecular flexibility index (Phi) is 14.1. The van der Waals surface area contributed by atoms with Gasteiger partial charge in [-0.3, -0.25) is 19.2 Å². The molecule has 0 spiro atoms. The molecule has 5 atom stereocenters. The number of hydrogen-bond donors (Lipinski definition) is 0. The van der Waals surface area contributed by atoms with Gasteiger partial charge in [0.25, 0.3) is 0 Å². The van der Waals surface area contributed by atoms with E-state index >= 15 is 0 Å². The molecule has 2 heterocycles. The van der Waals surface area contributed by atoms with Gasteiger partial charge in [-0.25, -0.2) is 28.9 Å². The maximum atomic E-state index is 11.9. The maximum absolute atomic E-state index is 11.9. The first-order chi connectivity index (χ1) is 19.6. The molecule has 228 valence electrons. The van der Waals surface area contributed by atoms with E-state index in [0.717, 1.165) is 26.3 Å². The van der Waals surface area contributed by atoms with Crippen LogP contribution in [0.5, 0.6) is 0 Å². The molecule has 3 aromatic rings. The van der Waals surface area contributed by atoms with Crippen molar-refractivity contribution in [3.05, 3.63) is 72.1 Å². The van der Waals surface area contributed by atoms with Gasteiger partial charge in [0, 0.05) is 34.2 Å². The molecule has 4 rings (SSSR count). The minimum Gasteiger partial charge on any atom is -0.463 e. The van der Waals surface area contributed by atoms with E-state index in [9.17, 15) is 19.2 Å².